The van der Waals surface area contributed by atoms with Crippen LogP contribution in [-0.4, -0.2) is 87.5 Å². The summed E-state index contributed by atoms with van der Waals surface area (Å²) in [6.45, 7) is 3.82. The first-order chi connectivity index (χ1) is 29.8. The third-order valence-corrected chi connectivity index (χ3v) is 12.6. The van der Waals surface area contributed by atoms with Crippen molar-refractivity contribution in [3.8, 4) is 0 Å². The van der Waals surface area contributed by atoms with Gasteiger partial charge in [-0.05, 0) is 38.5 Å². The molecule has 1 saturated heterocycles. The second-order valence-electron chi connectivity index (χ2n) is 18.4. The Balaban J connectivity index is 2.24. The average molecular weight is 866 g/mol. The number of hydrogen-bond acceptors (Lipinski definition) is 8. The number of carbonyl (C=O) groups is 1. The molecule has 0 aliphatic carbocycles. The number of nitrogens with one attached hydrogen (secondary N) is 1. The topological polar surface area (TPSA) is 149 Å². The highest BCUT2D eigenvalue weighted by Gasteiger charge is 2.44. The van der Waals surface area contributed by atoms with Crippen LogP contribution in [0.25, 0.3) is 0 Å². The van der Waals surface area contributed by atoms with Gasteiger partial charge in [-0.1, -0.05) is 224 Å². The van der Waals surface area contributed by atoms with E-state index >= 15 is 0 Å². The molecule has 1 amide bonds. The number of unbranched alkanes of at least 4 members (excludes halogenated alkanes) is 31. The Bertz CT molecular complexity index is 1010. The highest BCUT2D eigenvalue weighted by molar-refractivity contribution is 5.76. The van der Waals surface area contributed by atoms with E-state index in [9.17, 15) is 30.3 Å². The monoisotopic (exact) mass is 866 g/mol. The summed E-state index contributed by atoms with van der Waals surface area (Å²) >= 11 is 0. The minimum absolute atomic E-state index is 0.141. The molecule has 7 unspecified atom stereocenters. The molecule has 0 spiro atoms. The molecule has 9 heteroatoms. The molecule has 9 nitrogen and oxygen atoms in total. The zero-order chi connectivity index (χ0) is 44.4. The minimum atomic E-state index is -1.55. The molecule has 360 valence electrons. The van der Waals surface area contributed by atoms with Gasteiger partial charge < -0.3 is 40.3 Å². The lowest BCUT2D eigenvalue weighted by Gasteiger charge is -2.40. The molecule has 0 saturated carbocycles. The van der Waals surface area contributed by atoms with Gasteiger partial charge >= 0.3 is 0 Å². The number of aliphatic hydroxyl groups excluding tert-OH is 5. The van der Waals surface area contributed by atoms with Crippen LogP contribution < -0.4 is 5.32 Å². The van der Waals surface area contributed by atoms with E-state index in [1.165, 1.54) is 161 Å². The molecule has 6 N–H and O–H groups in total. The maximum absolute atomic E-state index is 13.0. The summed E-state index contributed by atoms with van der Waals surface area (Å²) in [6.07, 6.45) is 44.8. The van der Waals surface area contributed by atoms with Crippen molar-refractivity contribution in [1.82, 2.24) is 5.32 Å². The predicted octanol–water partition coefficient (Wildman–Crippen LogP) is 11.8. The molecule has 7 atom stereocenters. The Hall–Kier alpha value is -1.33. The fourth-order valence-electron chi connectivity index (χ4n) is 8.39. The summed E-state index contributed by atoms with van der Waals surface area (Å²) in [6, 6.07) is -0.723. The molecular formula is C52H99NO8. The van der Waals surface area contributed by atoms with Crippen molar-refractivity contribution in [2.75, 3.05) is 13.2 Å². The van der Waals surface area contributed by atoms with E-state index in [2.05, 4.69) is 43.5 Å². The smallest absolute Gasteiger partial charge is 0.220 e. The van der Waals surface area contributed by atoms with Gasteiger partial charge in [0.1, 0.15) is 24.4 Å². The van der Waals surface area contributed by atoms with Gasteiger partial charge in [-0.15, -0.1) is 0 Å². The van der Waals surface area contributed by atoms with Crippen LogP contribution in [0, 0.1) is 0 Å². The van der Waals surface area contributed by atoms with Crippen LogP contribution in [0.2, 0.25) is 0 Å². The van der Waals surface area contributed by atoms with Crippen LogP contribution in [0.5, 0.6) is 0 Å². The van der Waals surface area contributed by atoms with E-state index in [0.29, 0.717) is 12.8 Å². The maximum atomic E-state index is 13.0. The first-order valence-electron chi connectivity index (χ1n) is 26.1. The standard InChI is InChI=1S/C52H99NO8/c1-3-5-7-9-11-13-15-17-19-20-21-22-23-24-25-26-28-29-31-33-35-37-39-41-46(55)45(44-60-52-51(59)50(58)49(57)47(43-54)61-52)53-48(56)42-40-38-36-34-32-30-27-18-16-14-12-10-8-6-4-2/h12,14,16,18,45-47,49-52,54-55,57-59H,3-11,13,15,17,19-44H2,1-2H3,(H,53,56)/b14-12-,18-16-. The Morgan fingerprint density at radius 3 is 1.41 bits per heavy atom. The summed E-state index contributed by atoms with van der Waals surface area (Å²) in [5, 5.41) is 54.5. The number of rotatable bonds is 44. The Labute approximate surface area is 375 Å². The van der Waals surface area contributed by atoms with Gasteiger partial charge in [-0.25, -0.2) is 0 Å². The fraction of sp³-hybridized carbons (Fsp3) is 0.904. The number of ether oxygens (including phenoxy) is 2. The molecule has 1 aliphatic heterocycles. The lowest BCUT2D eigenvalue weighted by molar-refractivity contribution is -0.302. The van der Waals surface area contributed by atoms with E-state index < -0.39 is 49.5 Å². The van der Waals surface area contributed by atoms with E-state index in [0.717, 1.165) is 57.8 Å². The molecule has 61 heavy (non-hydrogen) atoms. The number of allylic oxidation sites excluding steroid dienone is 4. The molecule has 0 aromatic rings. The summed E-state index contributed by atoms with van der Waals surface area (Å²) in [5.74, 6) is -0.154. The van der Waals surface area contributed by atoms with E-state index in [-0.39, 0.29) is 12.5 Å². The van der Waals surface area contributed by atoms with Crippen LogP contribution in [0.1, 0.15) is 245 Å². The lowest BCUT2D eigenvalue weighted by Crippen LogP contribution is -2.60. The van der Waals surface area contributed by atoms with Gasteiger partial charge in [0, 0.05) is 6.42 Å². The third kappa shape index (κ3) is 32.9. The van der Waals surface area contributed by atoms with Crippen LogP contribution in [-0.2, 0) is 14.3 Å². The number of carbonyl (C=O) groups excluding carboxylic acids is 1. The molecule has 0 bridgehead atoms. The van der Waals surface area contributed by atoms with Crippen molar-refractivity contribution >= 4 is 5.91 Å². The molecule has 1 aliphatic rings. The van der Waals surface area contributed by atoms with Crippen LogP contribution in [0.3, 0.4) is 0 Å². The first-order valence-corrected chi connectivity index (χ1v) is 26.1. The summed E-state index contributed by atoms with van der Waals surface area (Å²) in [5.41, 5.74) is 0. The summed E-state index contributed by atoms with van der Waals surface area (Å²) in [4.78, 5) is 13.0. The Kier molecular flexibility index (Phi) is 40.3. The number of hydrogen-bond donors (Lipinski definition) is 6. The SMILES string of the molecule is CCCCC/C=C\C=C/CCCCCCCCC(=O)NC(COC1OC(CO)C(O)C(O)C1O)C(O)CCCCCCCCCCCCCCCCCCCCCCCCC. The van der Waals surface area contributed by atoms with Crippen molar-refractivity contribution in [1.29, 1.82) is 0 Å². The summed E-state index contributed by atoms with van der Waals surface area (Å²) in [7, 11) is 0. The molecule has 0 aromatic heterocycles. The minimum Gasteiger partial charge on any atom is -0.394 e. The highest BCUT2D eigenvalue weighted by Crippen LogP contribution is 2.23. The van der Waals surface area contributed by atoms with Crippen LogP contribution >= 0.6 is 0 Å². The van der Waals surface area contributed by atoms with Crippen LogP contribution in [0.15, 0.2) is 24.3 Å². The quantitative estimate of drug-likeness (QED) is 0.0262. The largest absolute Gasteiger partial charge is 0.394 e. The maximum Gasteiger partial charge on any atom is 0.220 e. The van der Waals surface area contributed by atoms with E-state index in [1.54, 1.807) is 0 Å². The molecule has 1 rings (SSSR count). The zero-order valence-corrected chi connectivity index (χ0v) is 39.7. The average Bonchev–Trinajstić information content (AvgIpc) is 3.26. The van der Waals surface area contributed by atoms with Crippen molar-refractivity contribution in [3.05, 3.63) is 24.3 Å². The fourth-order valence-corrected chi connectivity index (χ4v) is 8.39. The van der Waals surface area contributed by atoms with Gasteiger partial charge in [-0.2, -0.15) is 0 Å². The molecule has 1 fully saturated rings. The molecule has 1 heterocycles. The second kappa shape index (κ2) is 42.6. The zero-order valence-electron chi connectivity index (χ0n) is 39.7. The first kappa shape index (κ1) is 57.7. The van der Waals surface area contributed by atoms with Crippen LogP contribution in [0.4, 0.5) is 0 Å². The third-order valence-electron chi connectivity index (χ3n) is 12.6. The Morgan fingerprint density at radius 1 is 0.557 bits per heavy atom. The van der Waals surface area contributed by atoms with Gasteiger partial charge in [0.05, 0.1) is 25.4 Å². The molecule has 0 aromatic carbocycles. The van der Waals surface area contributed by atoms with Gasteiger partial charge in [0.2, 0.25) is 5.91 Å². The predicted molar refractivity (Wildman–Crippen MR) is 253 cm³/mol. The summed E-state index contributed by atoms with van der Waals surface area (Å²) < 4.78 is 11.3. The van der Waals surface area contributed by atoms with Crippen molar-refractivity contribution < 1.29 is 39.8 Å². The second-order valence-corrected chi connectivity index (χ2v) is 18.4. The lowest BCUT2D eigenvalue weighted by atomic mass is 9.99. The van der Waals surface area contributed by atoms with Gasteiger partial charge in [-0.3, -0.25) is 4.79 Å². The normalized spacial score (nSPS) is 20.5. The van der Waals surface area contributed by atoms with E-state index in [1.807, 2.05) is 0 Å². The number of amides is 1. The molecular weight excluding hydrogens is 767 g/mol. The van der Waals surface area contributed by atoms with Crippen molar-refractivity contribution in [2.45, 2.75) is 288 Å². The van der Waals surface area contributed by atoms with Gasteiger partial charge in [0.15, 0.2) is 6.29 Å². The van der Waals surface area contributed by atoms with Crippen molar-refractivity contribution in [2.24, 2.45) is 0 Å². The van der Waals surface area contributed by atoms with E-state index in [4.69, 9.17) is 9.47 Å². The number of aliphatic hydroxyl groups is 5. The van der Waals surface area contributed by atoms with Crippen molar-refractivity contribution in [3.63, 3.8) is 0 Å². The molecule has 0 radical (unpaired) electrons. The highest BCUT2D eigenvalue weighted by atomic mass is 16.7. The van der Waals surface area contributed by atoms with Gasteiger partial charge in [0.25, 0.3) is 0 Å². The Morgan fingerprint density at radius 2 is 0.951 bits per heavy atom.